The molecule has 1 amide bonds. The van der Waals surface area contributed by atoms with Crippen LogP contribution in [0.2, 0.25) is 0 Å². The van der Waals surface area contributed by atoms with Crippen LogP contribution in [0.5, 0.6) is 0 Å². The van der Waals surface area contributed by atoms with Crippen LogP contribution >= 0.6 is 0 Å². The van der Waals surface area contributed by atoms with Gasteiger partial charge in [0.15, 0.2) is 0 Å². The Bertz CT molecular complexity index is 692. The largest absolute Gasteiger partial charge is 0.545 e. The van der Waals surface area contributed by atoms with E-state index in [4.69, 9.17) is 0 Å². The summed E-state index contributed by atoms with van der Waals surface area (Å²) in [6.07, 6.45) is 0.0804. The summed E-state index contributed by atoms with van der Waals surface area (Å²) in [5.74, 6) is -3.48. The molecule has 0 fully saturated rings. The van der Waals surface area contributed by atoms with Gasteiger partial charge in [-0.15, -0.1) is 0 Å². The summed E-state index contributed by atoms with van der Waals surface area (Å²) < 4.78 is 0. The third-order valence-corrected chi connectivity index (χ3v) is 2.90. The number of nitrogens with one attached hydrogen (secondary N) is 1. The van der Waals surface area contributed by atoms with Gasteiger partial charge in [0.2, 0.25) is 5.91 Å². The highest BCUT2D eigenvalue weighted by atomic mass is 16.4. The fourth-order valence-electron chi connectivity index (χ4n) is 1.92. The van der Waals surface area contributed by atoms with Gasteiger partial charge in [0.25, 0.3) is 0 Å². The maximum atomic E-state index is 11.9. The minimum atomic E-state index is -1.54. The van der Waals surface area contributed by atoms with E-state index in [1.807, 2.05) is 6.07 Å². The molecule has 0 atom stereocenters. The van der Waals surface area contributed by atoms with Gasteiger partial charge in [-0.3, -0.25) is 4.79 Å². The van der Waals surface area contributed by atoms with E-state index in [0.717, 1.165) is 23.8 Å². The van der Waals surface area contributed by atoms with E-state index in [1.165, 1.54) is 0 Å². The van der Waals surface area contributed by atoms with Crippen LogP contribution in [-0.2, 0) is 11.2 Å². The highest BCUT2D eigenvalue weighted by Gasteiger charge is 2.07. The van der Waals surface area contributed by atoms with Gasteiger partial charge >= 0.3 is 0 Å². The van der Waals surface area contributed by atoms with Crippen molar-refractivity contribution in [3.8, 4) is 0 Å². The quantitative estimate of drug-likeness (QED) is 0.807. The van der Waals surface area contributed by atoms with E-state index in [9.17, 15) is 24.6 Å². The van der Waals surface area contributed by atoms with Gasteiger partial charge in [-0.05, 0) is 34.9 Å². The summed E-state index contributed by atoms with van der Waals surface area (Å²) in [6, 6.07) is 12.1. The molecule has 0 heterocycles. The first-order valence-corrected chi connectivity index (χ1v) is 6.37. The van der Waals surface area contributed by atoms with Crippen molar-refractivity contribution < 1.29 is 24.6 Å². The highest BCUT2D eigenvalue weighted by molar-refractivity contribution is 5.98. The minimum absolute atomic E-state index is 0.0573. The lowest BCUT2D eigenvalue weighted by molar-refractivity contribution is -0.255. The van der Waals surface area contributed by atoms with E-state index < -0.39 is 17.8 Å². The standard InChI is InChI=1S/C16H13NO5/c18-14(6-10-4-2-1-3-5-10)17-13-8-11(15(19)20)7-12(9-13)16(21)22/h1-5,7-9H,6H2,(H,17,18)(H,19,20)(H,21,22)/p-2. The number of amides is 1. The summed E-state index contributed by atoms with van der Waals surface area (Å²) in [6.45, 7) is 0. The van der Waals surface area contributed by atoms with Gasteiger partial charge in [0.1, 0.15) is 0 Å². The van der Waals surface area contributed by atoms with Crippen molar-refractivity contribution in [3.05, 3.63) is 65.2 Å². The number of benzene rings is 2. The molecule has 0 unspecified atom stereocenters. The van der Waals surface area contributed by atoms with Crippen molar-refractivity contribution in [2.24, 2.45) is 0 Å². The molecule has 112 valence electrons. The molecule has 0 aliphatic carbocycles. The monoisotopic (exact) mass is 297 g/mol. The number of aromatic carboxylic acids is 2. The van der Waals surface area contributed by atoms with Crippen LogP contribution < -0.4 is 15.5 Å². The van der Waals surface area contributed by atoms with Crippen LogP contribution in [-0.4, -0.2) is 17.8 Å². The van der Waals surface area contributed by atoms with Crippen LogP contribution in [0, 0.1) is 0 Å². The normalized spacial score (nSPS) is 10.0. The zero-order valence-electron chi connectivity index (χ0n) is 11.4. The van der Waals surface area contributed by atoms with Crippen LogP contribution in [0.4, 0.5) is 5.69 Å². The van der Waals surface area contributed by atoms with Gasteiger partial charge in [-0.1, -0.05) is 30.3 Å². The molecule has 0 aromatic heterocycles. The summed E-state index contributed by atoms with van der Waals surface area (Å²) in [7, 11) is 0. The lowest BCUT2D eigenvalue weighted by Gasteiger charge is -2.12. The molecule has 2 rings (SSSR count). The predicted molar refractivity (Wildman–Crippen MR) is 73.9 cm³/mol. The Morgan fingerprint density at radius 1 is 0.864 bits per heavy atom. The number of carbonyl (C=O) groups excluding carboxylic acids is 3. The van der Waals surface area contributed by atoms with Crippen molar-refractivity contribution in [2.75, 3.05) is 5.32 Å². The Labute approximate surface area is 126 Å². The average Bonchev–Trinajstić information content (AvgIpc) is 2.47. The van der Waals surface area contributed by atoms with Crippen LogP contribution in [0.25, 0.3) is 0 Å². The lowest BCUT2D eigenvalue weighted by Crippen LogP contribution is -2.26. The molecule has 2 aromatic carbocycles. The van der Waals surface area contributed by atoms with E-state index in [0.29, 0.717) is 0 Å². The summed E-state index contributed by atoms with van der Waals surface area (Å²) >= 11 is 0. The number of carbonyl (C=O) groups is 3. The smallest absolute Gasteiger partial charge is 0.228 e. The second-order valence-corrected chi connectivity index (χ2v) is 4.58. The maximum Gasteiger partial charge on any atom is 0.228 e. The summed E-state index contributed by atoms with van der Waals surface area (Å²) in [4.78, 5) is 33.6. The zero-order chi connectivity index (χ0) is 16.1. The number of carboxylic acids is 2. The Balaban J connectivity index is 2.19. The van der Waals surface area contributed by atoms with E-state index in [1.54, 1.807) is 24.3 Å². The lowest BCUT2D eigenvalue weighted by atomic mass is 10.1. The molecule has 0 radical (unpaired) electrons. The Morgan fingerprint density at radius 3 is 1.91 bits per heavy atom. The van der Waals surface area contributed by atoms with Gasteiger partial charge in [0, 0.05) is 5.69 Å². The Kier molecular flexibility index (Phi) is 4.53. The molecule has 2 aromatic rings. The third-order valence-electron chi connectivity index (χ3n) is 2.90. The molecular weight excluding hydrogens is 286 g/mol. The molecule has 0 aliphatic rings. The van der Waals surface area contributed by atoms with Gasteiger partial charge < -0.3 is 25.1 Å². The summed E-state index contributed by atoms with van der Waals surface area (Å²) in [5.41, 5.74) is 0.131. The first kappa shape index (κ1) is 15.2. The molecule has 0 aliphatic heterocycles. The average molecular weight is 297 g/mol. The van der Waals surface area contributed by atoms with Crippen molar-refractivity contribution >= 4 is 23.5 Å². The fraction of sp³-hybridized carbons (Fsp3) is 0.0625. The van der Waals surface area contributed by atoms with Crippen LogP contribution in [0.15, 0.2) is 48.5 Å². The fourth-order valence-corrected chi connectivity index (χ4v) is 1.92. The molecule has 0 bridgehead atoms. The van der Waals surface area contributed by atoms with Gasteiger partial charge in [-0.2, -0.15) is 0 Å². The molecular formula is C16H11NO5-2. The number of hydrogen-bond acceptors (Lipinski definition) is 5. The molecule has 6 nitrogen and oxygen atoms in total. The Hall–Kier alpha value is -3.15. The molecule has 0 saturated carbocycles. The van der Waals surface area contributed by atoms with Crippen molar-refractivity contribution in [1.82, 2.24) is 0 Å². The Morgan fingerprint density at radius 2 is 1.41 bits per heavy atom. The van der Waals surface area contributed by atoms with E-state index in [-0.39, 0.29) is 23.2 Å². The summed E-state index contributed by atoms with van der Waals surface area (Å²) in [5, 5.41) is 24.2. The van der Waals surface area contributed by atoms with E-state index in [2.05, 4.69) is 5.32 Å². The third kappa shape index (κ3) is 3.92. The number of rotatable bonds is 5. The molecule has 1 N–H and O–H groups in total. The highest BCUT2D eigenvalue weighted by Crippen LogP contribution is 2.15. The van der Waals surface area contributed by atoms with Gasteiger partial charge in [0.05, 0.1) is 18.4 Å². The molecule has 6 heteroatoms. The first-order chi connectivity index (χ1) is 10.5. The zero-order valence-corrected chi connectivity index (χ0v) is 11.4. The van der Waals surface area contributed by atoms with E-state index >= 15 is 0 Å². The van der Waals surface area contributed by atoms with Crippen molar-refractivity contribution in [1.29, 1.82) is 0 Å². The maximum absolute atomic E-state index is 11.9. The van der Waals surface area contributed by atoms with Crippen molar-refractivity contribution in [2.45, 2.75) is 6.42 Å². The molecule has 0 spiro atoms. The molecule has 22 heavy (non-hydrogen) atoms. The van der Waals surface area contributed by atoms with Crippen molar-refractivity contribution in [3.63, 3.8) is 0 Å². The van der Waals surface area contributed by atoms with Crippen LogP contribution in [0.3, 0.4) is 0 Å². The number of carboxylic acid groups (broad SMARTS) is 2. The SMILES string of the molecule is O=C(Cc1ccccc1)Nc1cc(C(=O)[O-])cc(C(=O)[O-])c1. The minimum Gasteiger partial charge on any atom is -0.545 e. The van der Waals surface area contributed by atoms with Gasteiger partial charge in [-0.25, -0.2) is 0 Å². The molecule has 0 saturated heterocycles. The topological polar surface area (TPSA) is 109 Å². The second-order valence-electron chi connectivity index (χ2n) is 4.58. The first-order valence-electron chi connectivity index (χ1n) is 6.37. The number of anilines is 1. The number of hydrogen-bond donors (Lipinski definition) is 1. The predicted octanol–water partition coefficient (Wildman–Crippen LogP) is -0.405. The van der Waals surface area contributed by atoms with Crippen LogP contribution in [0.1, 0.15) is 26.3 Å². The second kappa shape index (κ2) is 6.53.